The minimum absolute atomic E-state index is 0.127. The summed E-state index contributed by atoms with van der Waals surface area (Å²) in [6.45, 7) is -0.0777. The number of benzene rings is 2. The molecule has 0 bridgehead atoms. The van der Waals surface area contributed by atoms with E-state index in [2.05, 4.69) is 15.4 Å². The quantitative estimate of drug-likeness (QED) is 0.287. The van der Waals surface area contributed by atoms with Crippen LogP contribution in [-0.4, -0.2) is 32.6 Å². The van der Waals surface area contributed by atoms with Crippen molar-refractivity contribution in [3.8, 4) is 11.5 Å². The lowest BCUT2D eigenvalue weighted by atomic mass is 10.2. The number of furan rings is 1. The minimum atomic E-state index is -4.18. The molecule has 12 nitrogen and oxygen atoms in total. The topological polar surface area (TPSA) is 162 Å². The van der Waals surface area contributed by atoms with Gasteiger partial charge in [-0.1, -0.05) is 6.07 Å². The van der Waals surface area contributed by atoms with E-state index in [0.29, 0.717) is 17.3 Å². The summed E-state index contributed by atoms with van der Waals surface area (Å²) in [7, 11) is -4.18. The zero-order valence-corrected chi connectivity index (χ0v) is 18.5. The van der Waals surface area contributed by atoms with Gasteiger partial charge in [0, 0.05) is 12.6 Å². The predicted octanol–water partition coefficient (Wildman–Crippen LogP) is 2.12. The molecular formula is C21H20N4O8S. The van der Waals surface area contributed by atoms with Crippen molar-refractivity contribution < 1.29 is 32.0 Å². The number of carbonyl (C=O) groups is 1. The molecule has 13 heteroatoms. The second-order valence-electron chi connectivity index (χ2n) is 7.16. The molecule has 1 aromatic heterocycles. The van der Waals surface area contributed by atoms with Crippen LogP contribution in [0.4, 0.5) is 11.4 Å². The maximum Gasteiger partial charge on any atom is 0.293 e. The Morgan fingerprint density at radius 1 is 1.06 bits per heavy atom. The molecule has 2 heterocycles. The number of amides is 1. The zero-order valence-electron chi connectivity index (χ0n) is 17.6. The van der Waals surface area contributed by atoms with Gasteiger partial charge in [-0.05, 0) is 42.0 Å². The van der Waals surface area contributed by atoms with E-state index in [1.54, 1.807) is 30.3 Å². The van der Waals surface area contributed by atoms with Crippen LogP contribution in [0.5, 0.6) is 11.5 Å². The van der Waals surface area contributed by atoms with Crippen LogP contribution in [0.2, 0.25) is 0 Å². The summed E-state index contributed by atoms with van der Waals surface area (Å²) in [5.74, 6) is 1.15. The molecule has 4 rings (SSSR count). The molecule has 0 saturated carbocycles. The van der Waals surface area contributed by atoms with Crippen LogP contribution in [0.15, 0.2) is 64.1 Å². The second kappa shape index (κ2) is 9.80. The monoisotopic (exact) mass is 488 g/mol. The van der Waals surface area contributed by atoms with E-state index in [-0.39, 0.29) is 30.5 Å². The van der Waals surface area contributed by atoms with E-state index in [1.807, 2.05) is 0 Å². The summed E-state index contributed by atoms with van der Waals surface area (Å²) in [6.07, 6.45) is 1.47. The van der Waals surface area contributed by atoms with Gasteiger partial charge in [0.15, 0.2) is 11.5 Å². The number of ether oxygens (including phenoxy) is 2. The molecule has 1 amide bonds. The first-order chi connectivity index (χ1) is 16.3. The number of rotatable bonds is 10. The highest BCUT2D eigenvalue weighted by Gasteiger charge is 2.22. The van der Waals surface area contributed by atoms with Crippen LogP contribution in [0.3, 0.4) is 0 Å². The van der Waals surface area contributed by atoms with Gasteiger partial charge in [-0.25, -0.2) is 13.1 Å². The number of anilines is 1. The van der Waals surface area contributed by atoms with Gasteiger partial charge in [-0.15, -0.1) is 0 Å². The maximum atomic E-state index is 12.6. The van der Waals surface area contributed by atoms with Crippen LogP contribution in [0.25, 0.3) is 0 Å². The van der Waals surface area contributed by atoms with Crippen molar-refractivity contribution in [3.05, 3.63) is 76.2 Å². The third kappa shape index (κ3) is 5.44. The van der Waals surface area contributed by atoms with Gasteiger partial charge in [0.25, 0.3) is 5.69 Å². The number of nitrogens with one attached hydrogen (secondary N) is 3. The standard InChI is InChI=1S/C21H20N4O8S/c26-21(23-10-14-3-6-19-20(8-14)33-13-32-19)12-24-34(29,30)16-4-5-17(18(9-16)25(27)28)22-11-15-2-1-7-31-15/h1-9,22,24H,10-13H2,(H,23,26). The van der Waals surface area contributed by atoms with E-state index >= 15 is 0 Å². The van der Waals surface area contributed by atoms with Crippen LogP contribution in [-0.2, 0) is 27.9 Å². The third-order valence-corrected chi connectivity index (χ3v) is 6.26. The highest BCUT2D eigenvalue weighted by Crippen LogP contribution is 2.32. The lowest BCUT2D eigenvalue weighted by Gasteiger charge is -2.10. The Labute approximate surface area is 194 Å². The average Bonchev–Trinajstić information content (AvgIpc) is 3.51. The summed E-state index contributed by atoms with van der Waals surface area (Å²) in [4.78, 5) is 22.6. The molecule has 0 unspecified atom stereocenters. The van der Waals surface area contributed by atoms with Crippen molar-refractivity contribution >= 4 is 27.3 Å². The Bertz CT molecular complexity index is 1310. The normalized spacial score (nSPS) is 12.4. The minimum Gasteiger partial charge on any atom is -0.467 e. The molecule has 3 N–H and O–H groups in total. The molecule has 1 aliphatic heterocycles. The summed E-state index contributed by atoms with van der Waals surface area (Å²) >= 11 is 0. The molecule has 0 aliphatic carbocycles. The van der Waals surface area contributed by atoms with Crippen LogP contribution < -0.4 is 24.8 Å². The summed E-state index contributed by atoms with van der Waals surface area (Å²) in [5.41, 5.74) is 0.442. The summed E-state index contributed by atoms with van der Waals surface area (Å²) in [5, 5.41) is 16.9. The van der Waals surface area contributed by atoms with E-state index in [1.165, 1.54) is 18.4 Å². The SMILES string of the molecule is O=C(CNS(=O)(=O)c1ccc(NCc2ccco2)c([N+](=O)[O-])c1)NCc1ccc2c(c1)OCO2. The maximum absolute atomic E-state index is 12.6. The smallest absolute Gasteiger partial charge is 0.293 e. The van der Waals surface area contributed by atoms with Gasteiger partial charge in [0.1, 0.15) is 11.4 Å². The number of hydrogen-bond donors (Lipinski definition) is 3. The van der Waals surface area contributed by atoms with Gasteiger partial charge >= 0.3 is 0 Å². The molecule has 0 radical (unpaired) electrons. The van der Waals surface area contributed by atoms with E-state index in [0.717, 1.165) is 11.6 Å². The number of nitrogens with zero attached hydrogens (tertiary/aromatic N) is 1. The molecule has 0 spiro atoms. The van der Waals surface area contributed by atoms with Crippen molar-refractivity contribution in [2.75, 3.05) is 18.7 Å². The Morgan fingerprint density at radius 3 is 2.65 bits per heavy atom. The Balaban J connectivity index is 1.35. The van der Waals surface area contributed by atoms with Crippen LogP contribution in [0.1, 0.15) is 11.3 Å². The predicted molar refractivity (Wildman–Crippen MR) is 119 cm³/mol. The second-order valence-corrected chi connectivity index (χ2v) is 8.92. The number of sulfonamides is 1. The Morgan fingerprint density at radius 2 is 1.88 bits per heavy atom. The van der Waals surface area contributed by atoms with Crippen molar-refractivity contribution in [1.82, 2.24) is 10.0 Å². The molecule has 2 aromatic carbocycles. The average molecular weight is 488 g/mol. The zero-order chi connectivity index (χ0) is 24.1. The van der Waals surface area contributed by atoms with Gasteiger partial charge in [0.2, 0.25) is 22.7 Å². The highest BCUT2D eigenvalue weighted by atomic mass is 32.2. The number of fused-ring (bicyclic) bond motifs is 1. The fourth-order valence-electron chi connectivity index (χ4n) is 3.13. The lowest BCUT2D eigenvalue weighted by Crippen LogP contribution is -2.36. The van der Waals surface area contributed by atoms with E-state index < -0.39 is 33.1 Å². The summed E-state index contributed by atoms with van der Waals surface area (Å²) in [6, 6.07) is 12.0. The first-order valence-electron chi connectivity index (χ1n) is 10.0. The summed E-state index contributed by atoms with van der Waals surface area (Å²) < 4.78 is 43.0. The highest BCUT2D eigenvalue weighted by molar-refractivity contribution is 7.89. The third-order valence-electron chi connectivity index (χ3n) is 4.86. The largest absolute Gasteiger partial charge is 0.467 e. The van der Waals surface area contributed by atoms with Crippen molar-refractivity contribution in [2.45, 2.75) is 18.0 Å². The lowest BCUT2D eigenvalue weighted by molar-refractivity contribution is -0.384. The number of nitro benzene ring substituents is 1. The number of nitro groups is 1. The van der Waals surface area contributed by atoms with Crippen LogP contribution >= 0.6 is 0 Å². The first-order valence-corrected chi connectivity index (χ1v) is 11.5. The fourth-order valence-corrected chi connectivity index (χ4v) is 4.13. The molecule has 3 aromatic rings. The molecule has 34 heavy (non-hydrogen) atoms. The van der Waals surface area contributed by atoms with Gasteiger partial charge in [-0.2, -0.15) is 0 Å². The Kier molecular flexibility index (Phi) is 6.65. The van der Waals surface area contributed by atoms with Crippen molar-refractivity contribution in [3.63, 3.8) is 0 Å². The van der Waals surface area contributed by atoms with Crippen LogP contribution in [0, 0.1) is 10.1 Å². The fraction of sp³-hybridized carbons (Fsp3) is 0.190. The molecule has 0 saturated heterocycles. The van der Waals surface area contributed by atoms with E-state index in [4.69, 9.17) is 13.9 Å². The Hall–Kier alpha value is -4.10. The van der Waals surface area contributed by atoms with Gasteiger partial charge < -0.3 is 24.5 Å². The molecular weight excluding hydrogens is 468 g/mol. The van der Waals surface area contributed by atoms with Crippen molar-refractivity contribution in [2.24, 2.45) is 0 Å². The van der Waals surface area contributed by atoms with Gasteiger partial charge in [0.05, 0.1) is 29.2 Å². The molecule has 0 atom stereocenters. The number of carbonyl (C=O) groups excluding carboxylic acids is 1. The van der Waals surface area contributed by atoms with Gasteiger partial charge in [-0.3, -0.25) is 14.9 Å². The number of hydrogen-bond acceptors (Lipinski definition) is 9. The first kappa shape index (κ1) is 23.1. The molecule has 1 aliphatic rings. The molecule has 178 valence electrons. The molecule has 0 fully saturated rings. The van der Waals surface area contributed by atoms with Crippen molar-refractivity contribution in [1.29, 1.82) is 0 Å². The van der Waals surface area contributed by atoms with E-state index in [9.17, 15) is 23.3 Å².